The number of aromatic nitrogens is 2. The second kappa shape index (κ2) is 5.40. The standard InChI is InChI=1S/C12H18BrN3O2/c1-8-5-16(6-10(4-13)18-8)12(17)11-7-15(3)14-9(11)2/h7-8,10H,4-6H2,1-3H3. The highest BCUT2D eigenvalue weighted by atomic mass is 79.9. The summed E-state index contributed by atoms with van der Waals surface area (Å²) < 4.78 is 7.40. The Labute approximate surface area is 115 Å². The van der Waals surface area contributed by atoms with Crippen LogP contribution in [-0.2, 0) is 11.8 Å². The molecular formula is C12H18BrN3O2. The molecule has 2 heterocycles. The highest BCUT2D eigenvalue weighted by Crippen LogP contribution is 2.17. The SMILES string of the molecule is Cc1nn(C)cc1C(=O)N1CC(C)OC(CBr)C1. The Morgan fingerprint density at radius 3 is 2.89 bits per heavy atom. The number of alkyl halides is 1. The van der Waals surface area contributed by atoms with Crippen molar-refractivity contribution in [3.8, 4) is 0 Å². The lowest BCUT2D eigenvalue weighted by atomic mass is 10.2. The minimum absolute atomic E-state index is 0.0432. The molecule has 0 bridgehead atoms. The van der Waals surface area contributed by atoms with Crippen molar-refractivity contribution < 1.29 is 9.53 Å². The number of halogens is 1. The monoisotopic (exact) mass is 315 g/mol. The summed E-state index contributed by atoms with van der Waals surface area (Å²) in [5.41, 5.74) is 1.46. The van der Waals surface area contributed by atoms with Gasteiger partial charge in [-0.15, -0.1) is 0 Å². The highest BCUT2D eigenvalue weighted by Gasteiger charge is 2.29. The zero-order valence-corrected chi connectivity index (χ0v) is 12.5. The second-order valence-electron chi connectivity index (χ2n) is 4.74. The lowest BCUT2D eigenvalue weighted by Crippen LogP contribution is -2.49. The van der Waals surface area contributed by atoms with Gasteiger partial charge in [-0.2, -0.15) is 5.10 Å². The summed E-state index contributed by atoms with van der Waals surface area (Å²) in [5, 5.41) is 4.96. The van der Waals surface area contributed by atoms with Gasteiger partial charge in [-0.1, -0.05) is 15.9 Å². The lowest BCUT2D eigenvalue weighted by molar-refractivity contribution is -0.0559. The molecule has 6 heteroatoms. The molecule has 0 aliphatic carbocycles. The summed E-state index contributed by atoms with van der Waals surface area (Å²) in [6.45, 7) is 5.11. The first-order valence-corrected chi connectivity index (χ1v) is 7.14. The molecule has 1 amide bonds. The van der Waals surface area contributed by atoms with Crippen molar-refractivity contribution in [1.82, 2.24) is 14.7 Å². The Kier molecular flexibility index (Phi) is 4.07. The molecule has 2 atom stereocenters. The average Bonchev–Trinajstić information content (AvgIpc) is 2.66. The Balaban J connectivity index is 2.15. The van der Waals surface area contributed by atoms with E-state index in [2.05, 4.69) is 21.0 Å². The fourth-order valence-corrected chi connectivity index (χ4v) is 2.63. The maximum atomic E-state index is 12.4. The molecule has 18 heavy (non-hydrogen) atoms. The third-order valence-electron chi connectivity index (χ3n) is 3.03. The van der Waals surface area contributed by atoms with E-state index in [1.165, 1.54) is 0 Å². The van der Waals surface area contributed by atoms with Crippen LogP contribution in [0.2, 0.25) is 0 Å². The maximum Gasteiger partial charge on any atom is 0.257 e. The first-order chi connectivity index (χ1) is 8.51. The molecule has 100 valence electrons. The molecule has 0 saturated carbocycles. The van der Waals surface area contributed by atoms with Crippen LogP contribution in [-0.4, -0.2) is 51.2 Å². The summed E-state index contributed by atoms with van der Waals surface area (Å²) in [7, 11) is 1.83. The zero-order valence-electron chi connectivity index (χ0n) is 10.9. The van der Waals surface area contributed by atoms with Crippen molar-refractivity contribution in [3.05, 3.63) is 17.5 Å². The van der Waals surface area contributed by atoms with E-state index in [1.54, 1.807) is 10.9 Å². The van der Waals surface area contributed by atoms with Gasteiger partial charge in [0, 0.05) is 31.7 Å². The molecule has 1 aliphatic rings. The van der Waals surface area contributed by atoms with Gasteiger partial charge in [0.25, 0.3) is 5.91 Å². The average molecular weight is 316 g/mol. The topological polar surface area (TPSA) is 47.4 Å². The summed E-state index contributed by atoms with van der Waals surface area (Å²) in [6.07, 6.45) is 1.91. The zero-order chi connectivity index (χ0) is 13.3. The van der Waals surface area contributed by atoms with Crippen LogP contribution in [0.3, 0.4) is 0 Å². The van der Waals surface area contributed by atoms with Gasteiger partial charge < -0.3 is 9.64 Å². The van der Waals surface area contributed by atoms with Crippen LogP contribution in [0.15, 0.2) is 6.20 Å². The molecular weight excluding hydrogens is 298 g/mol. The third-order valence-corrected chi connectivity index (χ3v) is 3.75. The largest absolute Gasteiger partial charge is 0.371 e. The molecule has 0 N–H and O–H groups in total. The smallest absolute Gasteiger partial charge is 0.257 e. The molecule has 0 spiro atoms. The van der Waals surface area contributed by atoms with E-state index in [-0.39, 0.29) is 18.1 Å². The first-order valence-electron chi connectivity index (χ1n) is 6.02. The van der Waals surface area contributed by atoms with Crippen LogP contribution in [0, 0.1) is 6.92 Å². The molecule has 2 rings (SSSR count). The van der Waals surface area contributed by atoms with E-state index in [0.29, 0.717) is 18.7 Å². The number of morpholine rings is 1. The molecule has 1 fully saturated rings. The van der Waals surface area contributed by atoms with Gasteiger partial charge in [0.1, 0.15) is 0 Å². The number of amides is 1. The normalized spacial score (nSPS) is 24.3. The fourth-order valence-electron chi connectivity index (χ4n) is 2.28. The number of carbonyl (C=O) groups is 1. The number of rotatable bonds is 2. The highest BCUT2D eigenvalue weighted by molar-refractivity contribution is 9.09. The van der Waals surface area contributed by atoms with Gasteiger partial charge >= 0.3 is 0 Å². The van der Waals surface area contributed by atoms with Crippen molar-refractivity contribution in [1.29, 1.82) is 0 Å². The van der Waals surface area contributed by atoms with Crippen molar-refractivity contribution in [2.75, 3.05) is 18.4 Å². The van der Waals surface area contributed by atoms with E-state index < -0.39 is 0 Å². The number of hydrogen-bond donors (Lipinski definition) is 0. The predicted octanol–water partition coefficient (Wildman–Crippen LogP) is 1.35. The van der Waals surface area contributed by atoms with Crippen molar-refractivity contribution in [2.24, 2.45) is 7.05 Å². The number of aryl methyl sites for hydroxylation is 2. The van der Waals surface area contributed by atoms with Crippen LogP contribution in [0.1, 0.15) is 23.0 Å². The van der Waals surface area contributed by atoms with E-state index in [0.717, 1.165) is 11.0 Å². The molecule has 1 aromatic rings. The second-order valence-corrected chi connectivity index (χ2v) is 5.38. The first kappa shape index (κ1) is 13.5. The van der Waals surface area contributed by atoms with E-state index in [4.69, 9.17) is 4.74 Å². The van der Waals surface area contributed by atoms with Gasteiger partial charge in [-0.25, -0.2) is 0 Å². The lowest BCUT2D eigenvalue weighted by Gasteiger charge is -2.36. The Hall–Kier alpha value is -0.880. The number of hydrogen-bond acceptors (Lipinski definition) is 3. The molecule has 5 nitrogen and oxygen atoms in total. The molecule has 1 aliphatic heterocycles. The Morgan fingerprint density at radius 1 is 1.61 bits per heavy atom. The van der Waals surface area contributed by atoms with Crippen LogP contribution in [0.5, 0.6) is 0 Å². The Bertz CT molecular complexity index is 447. The van der Waals surface area contributed by atoms with E-state index in [1.807, 2.05) is 25.8 Å². The molecule has 2 unspecified atom stereocenters. The summed E-state index contributed by atoms with van der Waals surface area (Å²) in [4.78, 5) is 14.3. The molecule has 1 aromatic heterocycles. The molecule has 0 aromatic carbocycles. The maximum absolute atomic E-state index is 12.4. The molecule has 0 radical (unpaired) electrons. The van der Waals surface area contributed by atoms with Crippen LogP contribution in [0.25, 0.3) is 0 Å². The van der Waals surface area contributed by atoms with Gasteiger partial charge in [0.15, 0.2) is 0 Å². The fraction of sp³-hybridized carbons (Fsp3) is 0.667. The van der Waals surface area contributed by atoms with Crippen LogP contribution < -0.4 is 0 Å². The van der Waals surface area contributed by atoms with Gasteiger partial charge in [-0.05, 0) is 13.8 Å². The minimum atomic E-state index is 0.0432. The summed E-state index contributed by atoms with van der Waals surface area (Å²) in [6, 6.07) is 0. The summed E-state index contributed by atoms with van der Waals surface area (Å²) >= 11 is 3.41. The van der Waals surface area contributed by atoms with Crippen molar-refractivity contribution in [2.45, 2.75) is 26.1 Å². The van der Waals surface area contributed by atoms with Crippen molar-refractivity contribution in [3.63, 3.8) is 0 Å². The number of ether oxygens (including phenoxy) is 1. The number of nitrogens with zero attached hydrogens (tertiary/aromatic N) is 3. The van der Waals surface area contributed by atoms with Gasteiger partial charge in [0.2, 0.25) is 0 Å². The van der Waals surface area contributed by atoms with Gasteiger partial charge in [0.05, 0.1) is 23.5 Å². The van der Waals surface area contributed by atoms with Crippen LogP contribution >= 0.6 is 15.9 Å². The Morgan fingerprint density at radius 2 is 2.33 bits per heavy atom. The van der Waals surface area contributed by atoms with Gasteiger partial charge in [-0.3, -0.25) is 9.48 Å². The molecule has 1 saturated heterocycles. The minimum Gasteiger partial charge on any atom is -0.371 e. The predicted molar refractivity (Wildman–Crippen MR) is 72.0 cm³/mol. The summed E-state index contributed by atoms with van der Waals surface area (Å²) in [5.74, 6) is 0.0432. The van der Waals surface area contributed by atoms with E-state index >= 15 is 0 Å². The van der Waals surface area contributed by atoms with Crippen LogP contribution in [0.4, 0.5) is 0 Å². The number of carbonyl (C=O) groups excluding carboxylic acids is 1. The quantitative estimate of drug-likeness (QED) is 0.774. The third kappa shape index (κ3) is 2.75. The van der Waals surface area contributed by atoms with E-state index in [9.17, 15) is 4.79 Å². The van der Waals surface area contributed by atoms with Crippen molar-refractivity contribution >= 4 is 21.8 Å².